The Kier molecular flexibility index (Phi) is 7.11. The average molecular weight is 326 g/mol. The molecule has 1 aromatic heterocycles. The fraction of sp³-hybridized carbons (Fsp3) is 0.667. The topological polar surface area (TPSA) is 56.8 Å². The van der Waals surface area contributed by atoms with Crippen molar-refractivity contribution in [3.8, 4) is 0 Å². The molecule has 1 atom stereocenters. The molecule has 1 aliphatic heterocycles. The first-order valence-corrected chi connectivity index (χ1v) is 8.61. The normalized spacial score (nSPS) is 17.4. The van der Waals surface area contributed by atoms with Crippen LogP contribution in [0.2, 0.25) is 0 Å². The third kappa shape index (κ3) is 5.57. The molecule has 2 amide bonds. The molecule has 1 aromatic rings. The Hall–Kier alpha value is -1.15. The zero-order chi connectivity index (χ0) is 15.8. The summed E-state index contributed by atoms with van der Waals surface area (Å²) in [4.78, 5) is 16.3. The SMILES string of the molecule is CN(C)C(CNC(=O)NCCN1CCOCC1)c1ccsc1. The van der Waals surface area contributed by atoms with Gasteiger partial charge in [0.2, 0.25) is 0 Å². The van der Waals surface area contributed by atoms with Crippen LogP contribution in [0.25, 0.3) is 0 Å². The molecule has 0 aromatic carbocycles. The van der Waals surface area contributed by atoms with Crippen LogP contribution < -0.4 is 10.6 Å². The molecule has 1 fully saturated rings. The second-order valence-electron chi connectivity index (χ2n) is 5.63. The third-order valence-electron chi connectivity index (χ3n) is 3.82. The Morgan fingerprint density at radius 2 is 2.18 bits per heavy atom. The lowest BCUT2D eigenvalue weighted by Crippen LogP contribution is -2.45. The minimum Gasteiger partial charge on any atom is -0.379 e. The number of likely N-dealkylation sites (N-methyl/N-ethyl adjacent to an activating group) is 1. The minimum atomic E-state index is -0.102. The summed E-state index contributed by atoms with van der Waals surface area (Å²) in [7, 11) is 4.06. The molecule has 22 heavy (non-hydrogen) atoms. The van der Waals surface area contributed by atoms with Crippen molar-refractivity contribution in [2.75, 3.05) is 60.0 Å². The second-order valence-corrected chi connectivity index (χ2v) is 6.41. The zero-order valence-electron chi connectivity index (χ0n) is 13.4. The van der Waals surface area contributed by atoms with Crippen molar-refractivity contribution in [2.24, 2.45) is 0 Å². The highest BCUT2D eigenvalue weighted by molar-refractivity contribution is 7.07. The van der Waals surface area contributed by atoms with Crippen LogP contribution in [0.5, 0.6) is 0 Å². The number of carbonyl (C=O) groups is 1. The Labute approximate surface area is 136 Å². The molecule has 0 bridgehead atoms. The summed E-state index contributed by atoms with van der Waals surface area (Å²) in [6.07, 6.45) is 0. The molecule has 0 spiro atoms. The molecule has 6 nitrogen and oxygen atoms in total. The maximum Gasteiger partial charge on any atom is 0.314 e. The maximum absolute atomic E-state index is 11.9. The summed E-state index contributed by atoms with van der Waals surface area (Å²) in [5.74, 6) is 0. The Morgan fingerprint density at radius 3 is 2.82 bits per heavy atom. The van der Waals surface area contributed by atoms with Crippen molar-refractivity contribution in [2.45, 2.75) is 6.04 Å². The number of nitrogens with zero attached hydrogens (tertiary/aromatic N) is 2. The van der Waals surface area contributed by atoms with Crippen LogP contribution in [-0.4, -0.2) is 75.9 Å². The van der Waals surface area contributed by atoms with Gasteiger partial charge in [0.15, 0.2) is 0 Å². The third-order valence-corrected chi connectivity index (χ3v) is 4.53. The molecule has 1 saturated heterocycles. The van der Waals surface area contributed by atoms with Crippen LogP contribution in [0.15, 0.2) is 16.8 Å². The summed E-state index contributed by atoms with van der Waals surface area (Å²) in [6, 6.07) is 2.21. The molecular formula is C15H26N4O2S. The lowest BCUT2D eigenvalue weighted by molar-refractivity contribution is 0.0387. The van der Waals surface area contributed by atoms with Gasteiger partial charge in [-0.2, -0.15) is 11.3 Å². The fourth-order valence-electron chi connectivity index (χ4n) is 2.47. The highest BCUT2D eigenvalue weighted by atomic mass is 32.1. The molecule has 0 radical (unpaired) electrons. The Morgan fingerprint density at radius 1 is 1.41 bits per heavy atom. The van der Waals surface area contributed by atoms with Gasteiger partial charge in [-0.25, -0.2) is 4.79 Å². The molecule has 124 valence electrons. The summed E-state index contributed by atoms with van der Waals surface area (Å²) >= 11 is 1.68. The van der Waals surface area contributed by atoms with Crippen LogP contribution in [0.3, 0.4) is 0 Å². The van der Waals surface area contributed by atoms with E-state index < -0.39 is 0 Å². The van der Waals surface area contributed by atoms with Gasteiger partial charge in [0.05, 0.1) is 19.3 Å². The first-order chi connectivity index (χ1) is 10.7. The lowest BCUT2D eigenvalue weighted by Gasteiger charge is -2.27. The molecule has 2 rings (SSSR count). The smallest absolute Gasteiger partial charge is 0.314 e. The molecule has 1 unspecified atom stereocenters. The number of carbonyl (C=O) groups excluding carboxylic acids is 1. The minimum absolute atomic E-state index is 0.102. The van der Waals surface area contributed by atoms with Crippen LogP contribution in [-0.2, 0) is 4.74 Å². The summed E-state index contributed by atoms with van der Waals surface area (Å²) in [5, 5.41) is 10.1. The van der Waals surface area contributed by atoms with Gasteiger partial charge in [-0.1, -0.05) is 0 Å². The van der Waals surface area contributed by atoms with E-state index in [9.17, 15) is 4.79 Å². The molecule has 2 N–H and O–H groups in total. The quantitative estimate of drug-likeness (QED) is 0.784. The fourth-order valence-corrected chi connectivity index (χ4v) is 3.17. The van der Waals surface area contributed by atoms with Crippen molar-refractivity contribution in [3.63, 3.8) is 0 Å². The van der Waals surface area contributed by atoms with E-state index in [0.29, 0.717) is 13.1 Å². The number of thiophene rings is 1. The largest absolute Gasteiger partial charge is 0.379 e. The molecular weight excluding hydrogens is 300 g/mol. The van der Waals surface area contributed by atoms with E-state index in [4.69, 9.17) is 4.74 Å². The van der Waals surface area contributed by atoms with Crippen LogP contribution in [0.1, 0.15) is 11.6 Å². The average Bonchev–Trinajstić information content (AvgIpc) is 3.02. The number of hydrogen-bond acceptors (Lipinski definition) is 5. The van der Waals surface area contributed by atoms with E-state index in [1.807, 2.05) is 14.1 Å². The number of hydrogen-bond donors (Lipinski definition) is 2. The number of nitrogens with one attached hydrogen (secondary N) is 2. The molecule has 2 heterocycles. The second kappa shape index (κ2) is 9.09. The van der Waals surface area contributed by atoms with Crippen molar-refractivity contribution >= 4 is 17.4 Å². The number of amides is 2. The van der Waals surface area contributed by atoms with E-state index in [1.54, 1.807) is 11.3 Å². The van der Waals surface area contributed by atoms with E-state index in [0.717, 1.165) is 32.8 Å². The lowest BCUT2D eigenvalue weighted by atomic mass is 10.1. The van der Waals surface area contributed by atoms with Gasteiger partial charge in [0.25, 0.3) is 0 Å². The molecule has 0 saturated carbocycles. The van der Waals surface area contributed by atoms with Crippen LogP contribution >= 0.6 is 11.3 Å². The summed E-state index contributed by atoms with van der Waals surface area (Å²) in [6.45, 7) is 5.62. The van der Waals surface area contributed by atoms with Crippen molar-refractivity contribution in [1.29, 1.82) is 0 Å². The highest BCUT2D eigenvalue weighted by Gasteiger charge is 2.15. The van der Waals surface area contributed by atoms with Gasteiger partial charge in [-0.3, -0.25) is 4.90 Å². The van der Waals surface area contributed by atoms with E-state index in [2.05, 4.69) is 37.3 Å². The number of morpholine rings is 1. The van der Waals surface area contributed by atoms with Gasteiger partial charge in [0.1, 0.15) is 0 Å². The molecule has 0 aliphatic carbocycles. The molecule has 7 heteroatoms. The van der Waals surface area contributed by atoms with Crippen LogP contribution in [0, 0.1) is 0 Å². The maximum atomic E-state index is 11.9. The first-order valence-electron chi connectivity index (χ1n) is 7.67. The van der Waals surface area contributed by atoms with E-state index in [1.165, 1.54) is 5.56 Å². The van der Waals surface area contributed by atoms with Crippen molar-refractivity contribution in [3.05, 3.63) is 22.4 Å². The van der Waals surface area contributed by atoms with Gasteiger partial charge in [0, 0.05) is 32.7 Å². The standard InChI is InChI=1S/C15H26N4O2S/c1-18(2)14(13-3-10-22-12-13)11-17-15(20)16-4-5-19-6-8-21-9-7-19/h3,10,12,14H,4-9,11H2,1-2H3,(H2,16,17,20). The summed E-state index contributed by atoms with van der Waals surface area (Å²) in [5.41, 5.74) is 1.24. The highest BCUT2D eigenvalue weighted by Crippen LogP contribution is 2.19. The van der Waals surface area contributed by atoms with Gasteiger partial charge in [-0.15, -0.1) is 0 Å². The van der Waals surface area contributed by atoms with E-state index in [-0.39, 0.29) is 12.1 Å². The molecule has 1 aliphatic rings. The van der Waals surface area contributed by atoms with Gasteiger partial charge < -0.3 is 20.3 Å². The van der Waals surface area contributed by atoms with Gasteiger partial charge in [-0.05, 0) is 36.5 Å². The number of rotatable bonds is 7. The first kappa shape index (κ1) is 17.2. The predicted molar refractivity (Wildman–Crippen MR) is 89.4 cm³/mol. The van der Waals surface area contributed by atoms with Crippen molar-refractivity contribution in [1.82, 2.24) is 20.4 Å². The Bertz CT molecular complexity index is 433. The van der Waals surface area contributed by atoms with Crippen molar-refractivity contribution < 1.29 is 9.53 Å². The zero-order valence-corrected chi connectivity index (χ0v) is 14.2. The van der Waals surface area contributed by atoms with Crippen LogP contribution in [0.4, 0.5) is 4.79 Å². The number of urea groups is 1. The number of ether oxygens (including phenoxy) is 1. The monoisotopic (exact) mass is 326 g/mol. The predicted octanol–water partition coefficient (Wildman–Crippen LogP) is 0.982. The van der Waals surface area contributed by atoms with E-state index >= 15 is 0 Å². The Balaban J connectivity index is 1.65. The van der Waals surface area contributed by atoms with Gasteiger partial charge >= 0.3 is 6.03 Å². The summed E-state index contributed by atoms with van der Waals surface area (Å²) < 4.78 is 5.30.